The standard InChI is InChI=1S/C20H31ClFN3O2.HI/c1-3-23-20(24-11-8-17-18(21)6-4-7-19(17)22)25-12-9-16(10-13-25)27-15-5-14-26-2;/h4,6-7,16H,3,5,8-15H2,1-2H3,(H,23,24);1H. The number of likely N-dealkylation sites (tertiary alicyclic amines) is 1. The van der Waals surface area contributed by atoms with E-state index in [9.17, 15) is 4.39 Å². The van der Waals surface area contributed by atoms with E-state index in [1.54, 1.807) is 19.2 Å². The summed E-state index contributed by atoms with van der Waals surface area (Å²) < 4.78 is 24.9. The van der Waals surface area contributed by atoms with Crippen molar-refractivity contribution in [1.82, 2.24) is 10.2 Å². The number of nitrogens with zero attached hydrogens (tertiary/aromatic N) is 2. The summed E-state index contributed by atoms with van der Waals surface area (Å²) in [6.45, 7) is 6.64. The largest absolute Gasteiger partial charge is 0.385 e. The number of halogens is 3. The van der Waals surface area contributed by atoms with Crippen LogP contribution in [0, 0.1) is 5.82 Å². The highest BCUT2D eigenvalue weighted by atomic mass is 127. The summed E-state index contributed by atoms with van der Waals surface area (Å²) in [7, 11) is 1.71. The minimum absolute atomic E-state index is 0. The molecule has 5 nitrogen and oxygen atoms in total. The van der Waals surface area contributed by atoms with E-state index in [1.807, 2.05) is 0 Å². The number of hydrogen-bond acceptors (Lipinski definition) is 3. The van der Waals surface area contributed by atoms with E-state index in [1.165, 1.54) is 6.07 Å². The molecule has 1 aromatic rings. The third kappa shape index (κ3) is 8.39. The highest BCUT2D eigenvalue weighted by Gasteiger charge is 2.21. The lowest BCUT2D eigenvalue weighted by atomic mass is 10.1. The van der Waals surface area contributed by atoms with Crippen LogP contribution < -0.4 is 5.32 Å². The molecule has 1 saturated heterocycles. The molecule has 0 unspecified atom stereocenters. The Hall–Kier alpha value is -0.640. The van der Waals surface area contributed by atoms with Crippen LogP contribution in [0.2, 0.25) is 5.02 Å². The van der Waals surface area contributed by atoms with Gasteiger partial charge in [0.25, 0.3) is 0 Å². The van der Waals surface area contributed by atoms with E-state index in [4.69, 9.17) is 21.1 Å². The Labute approximate surface area is 190 Å². The summed E-state index contributed by atoms with van der Waals surface area (Å²) >= 11 is 6.10. The highest BCUT2D eigenvalue weighted by Crippen LogP contribution is 2.19. The van der Waals surface area contributed by atoms with Gasteiger partial charge < -0.3 is 19.7 Å². The number of aliphatic imine (C=N–C) groups is 1. The molecular weight excluding hydrogens is 496 g/mol. The minimum Gasteiger partial charge on any atom is -0.385 e. The normalized spacial score (nSPS) is 15.4. The van der Waals surface area contributed by atoms with E-state index in [0.717, 1.165) is 58.1 Å². The van der Waals surface area contributed by atoms with Gasteiger partial charge >= 0.3 is 0 Å². The van der Waals surface area contributed by atoms with Crippen LogP contribution in [-0.4, -0.2) is 63.5 Å². The molecular formula is C20H32ClFIN3O2. The molecule has 0 radical (unpaired) electrons. The molecule has 1 fully saturated rings. The van der Waals surface area contributed by atoms with Crippen molar-refractivity contribution in [2.75, 3.05) is 46.5 Å². The van der Waals surface area contributed by atoms with Gasteiger partial charge in [0.05, 0.1) is 6.10 Å². The van der Waals surface area contributed by atoms with Gasteiger partial charge in [0.15, 0.2) is 5.96 Å². The van der Waals surface area contributed by atoms with Crippen LogP contribution in [0.15, 0.2) is 23.2 Å². The van der Waals surface area contributed by atoms with Crippen molar-refractivity contribution in [2.45, 2.75) is 38.7 Å². The number of nitrogens with one attached hydrogen (secondary N) is 1. The number of hydrogen-bond donors (Lipinski definition) is 1. The molecule has 1 aromatic carbocycles. The quantitative estimate of drug-likeness (QED) is 0.227. The molecule has 0 atom stereocenters. The van der Waals surface area contributed by atoms with Crippen molar-refractivity contribution in [3.8, 4) is 0 Å². The number of benzene rings is 1. The van der Waals surface area contributed by atoms with Gasteiger partial charge in [0.1, 0.15) is 5.82 Å². The number of methoxy groups -OCH3 is 1. The summed E-state index contributed by atoms with van der Waals surface area (Å²) in [5, 5.41) is 3.79. The molecule has 8 heteroatoms. The Kier molecular flexibility index (Phi) is 13.0. The van der Waals surface area contributed by atoms with Gasteiger partial charge in [-0.2, -0.15) is 0 Å². The molecule has 1 heterocycles. The molecule has 0 amide bonds. The van der Waals surface area contributed by atoms with Crippen LogP contribution in [0.4, 0.5) is 4.39 Å². The van der Waals surface area contributed by atoms with Crippen molar-refractivity contribution < 1.29 is 13.9 Å². The minimum atomic E-state index is -0.269. The number of ether oxygens (including phenoxy) is 2. The molecule has 28 heavy (non-hydrogen) atoms. The van der Waals surface area contributed by atoms with E-state index in [0.29, 0.717) is 29.7 Å². The molecule has 1 aliphatic rings. The number of guanidine groups is 1. The van der Waals surface area contributed by atoms with Crippen molar-refractivity contribution >= 4 is 41.5 Å². The lowest BCUT2D eigenvalue weighted by Crippen LogP contribution is -2.47. The van der Waals surface area contributed by atoms with Crippen LogP contribution in [0.25, 0.3) is 0 Å². The van der Waals surface area contributed by atoms with Gasteiger partial charge in [-0.25, -0.2) is 4.39 Å². The zero-order valence-corrected chi connectivity index (χ0v) is 19.8. The smallest absolute Gasteiger partial charge is 0.193 e. The monoisotopic (exact) mass is 527 g/mol. The number of rotatable bonds is 9. The van der Waals surface area contributed by atoms with Gasteiger partial charge in [-0.15, -0.1) is 24.0 Å². The Bertz CT molecular complexity index is 579. The third-order valence-corrected chi connectivity index (χ3v) is 4.96. The fourth-order valence-corrected chi connectivity index (χ4v) is 3.42. The Balaban J connectivity index is 0.00000392. The van der Waals surface area contributed by atoms with Crippen LogP contribution in [0.1, 0.15) is 31.7 Å². The lowest BCUT2D eigenvalue weighted by molar-refractivity contribution is 0.00991. The predicted molar refractivity (Wildman–Crippen MR) is 124 cm³/mol. The van der Waals surface area contributed by atoms with E-state index in [-0.39, 0.29) is 29.8 Å². The summed E-state index contributed by atoms with van der Waals surface area (Å²) in [5.74, 6) is 0.608. The molecule has 2 rings (SSSR count). The Morgan fingerprint density at radius 3 is 2.71 bits per heavy atom. The van der Waals surface area contributed by atoms with Gasteiger partial charge in [0.2, 0.25) is 0 Å². The molecule has 0 aliphatic carbocycles. The molecule has 0 saturated carbocycles. The SMILES string of the molecule is CCNC(=NCCc1c(F)cccc1Cl)N1CCC(OCCCOC)CC1.I. The van der Waals surface area contributed by atoms with Gasteiger partial charge in [-0.3, -0.25) is 4.99 Å². The second kappa shape index (κ2) is 14.4. The first-order chi connectivity index (χ1) is 13.2. The Morgan fingerprint density at radius 2 is 2.07 bits per heavy atom. The van der Waals surface area contributed by atoms with Gasteiger partial charge in [-0.1, -0.05) is 17.7 Å². The maximum atomic E-state index is 13.9. The van der Waals surface area contributed by atoms with E-state index >= 15 is 0 Å². The fraction of sp³-hybridized carbons (Fsp3) is 0.650. The first-order valence-electron chi connectivity index (χ1n) is 9.72. The maximum Gasteiger partial charge on any atom is 0.193 e. The first-order valence-corrected chi connectivity index (χ1v) is 10.1. The summed E-state index contributed by atoms with van der Waals surface area (Å²) in [6, 6.07) is 4.77. The molecule has 1 N–H and O–H groups in total. The van der Waals surface area contributed by atoms with E-state index in [2.05, 4.69) is 22.1 Å². The molecule has 1 aliphatic heterocycles. The van der Waals surface area contributed by atoms with Crippen LogP contribution in [0.5, 0.6) is 0 Å². The van der Waals surface area contributed by atoms with Crippen molar-refractivity contribution in [1.29, 1.82) is 0 Å². The molecule has 0 bridgehead atoms. The van der Waals surface area contributed by atoms with Crippen molar-refractivity contribution in [3.05, 3.63) is 34.6 Å². The molecule has 0 aromatic heterocycles. The first kappa shape index (κ1) is 25.4. The average Bonchev–Trinajstić information content (AvgIpc) is 2.67. The lowest BCUT2D eigenvalue weighted by Gasteiger charge is -2.34. The van der Waals surface area contributed by atoms with Crippen LogP contribution in [0.3, 0.4) is 0 Å². The van der Waals surface area contributed by atoms with Crippen LogP contribution >= 0.6 is 35.6 Å². The Morgan fingerprint density at radius 1 is 1.32 bits per heavy atom. The average molecular weight is 528 g/mol. The number of piperidine rings is 1. The summed E-state index contributed by atoms with van der Waals surface area (Å²) in [5.41, 5.74) is 0.530. The van der Waals surface area contributed by atoms with Gasteiger partial charge in [-0.05, 0) is 44.7 Å². The molecule has 0 spiro atoms. The van der Waals surface area contributed by atoms with Crippen LogP contribution in [-0.2, 0) is 15.9 Å². The van der Waals surface area contributed by atoms with E-state index < -0.39 is 0 Å². The maximum absolute atomic E-state index is 13.9. The summed E-state index contributed by atoms with van der Waals surface area (Å²) in [4.78, 5) is 6.93. The molecule has 160 valence electrons. The fourth-order valence-electron chi connectivity index (χ4n) is 3.16. The van der Waals surface area contributed by atoms with Gasteiger partial charge in [0, 0.05) is 57.1 Å². The zero-order chi connectivity index (χ0) is 19.5. The van der Waals surface area contributed by atoms with Crippen molar-refractivity contribution in [2.24, 2.45) is 4.99 Å². The highest BCUT2D eigenvalue weighted by molar-refractivity contribution is 14.0. The second-order valence-electron chi connectivity index (χ2n) is 6.59. The second-order valence-corrected chi connectivity index (χ2v) is 7.00. The zero-order valence-electron chi connectivity index (χ0n) is 16.8. The van der Waals surface area contributed by atoms with Crippen molar-refractivity contribution in [3.63, 3.8) is 0 Å². The third-order valence-electron chi connectivity index (χ3n) is 4.61. The summed E-state index contributed by atoms with van der Waals surface area (Å²) in [6.07, 6.45) is 3.68. The topological polar surface area (TPSA) is 46.1 Å². The predicted octanol–water partition coefficient (Wildman–Crippen LogP) is 4.12.